The molecule has 0 saturated heterocycles. The lowest BCUT2D eigenvalue weighted by Crippen LogP contribution is -1.99. The van der Waals surface area contributed by atoms with Gasteiger partial charge in [-0.05, 0) is 24.3 Å². The molecule has 0 unspecified atom stereocenters. The van der Waals surface area contributed by atoms with Gasteiger partial charge in [-0.2, -0.15) is 10.4 Å². The number of nitriles is 1. The first-order valence-corrected chi connectivity index (χ1v) is 7.19. The molecule has 0 radical (unpaired) electrons. The molecular formula is C12H11N3O3S. The van der Waals surface area contributed by atoms with Crippen molar-refractivity contribution in [2.45, 2.75) is 5.03 Å². The fraction of sp³-hybridized carbons (Fsp3) is 0.167. The van der Waals surface area contributed by atoms with Crippen LogP contribution in [0.25, 0.3) is 11.3 Å². The van der Waals surface area contributed by atoms with Crippen molar-refractivity contribution in [1.82, 2.24) is 10.2 Å². The van der Waals surface area contributed by atoms with Gasteiger partial charge in [0, 0.05) is 11.8 Å². The summed E-state index contributed by atoms with van der Waals surface area (Å²) in [5, 5.41) is 15.3. The summed E-state index contributed by atoms with van der Waals surface area (Å²) in [6.07, 6.45) is 1.03. The molecule has 0 saturated carbocycles. The number of sulfone groups is 1. The van der Waals surface area contributed by atoms with E-state index in [1.165, 1.54) is 0 Å². The Kier molecular flexibility index (Phi) is 3.27. The van der Waals surface area contributed by atoms with Crippen molar-refractivity contribution < 1.29 is 13.2 Å². The number of ether oxygens (including phenoxy) is 1. The number of nitrogens with zero attached hydrogens (tertiary/aromatic N) is 2. The second-order valence-corrected chi connectivity index (χ2v) is 5.84. The van der Waals surface area contributed by atoms with Gasteiger partial charge in [-0.25, -0.2) is 8.42 Å². The van der Waals surface area contributed by atoms with Crippen LogP contribution in [0, 0.1) is 11.3 Å². The molecule has 2 aromatic rings. The number of H-pyrrole nitrogens is 1. The molecule has 0 fully saturated rings. The predicted octanol–water partition coefficient (Wildman–Crippen LogP) is 1.36. The highest BCUT2D eigenvalue weighted by Crippen LogP contribution is 2.27. The van der Waals surface area contributed by atoms with Gasteiger partial charge in [0.15, 0.2) is 14.9 Å². The van der Waals surface area contributed by atoms with Gasteiger partial charge in [0.05, 0.1) is 7.11 Å². The van der Waals surface area contributed by atoms with Crippen molar-refractivity contribution in [2.75, 3.05) is 13.4 Å². The molecule has 0 atom stereocenters. The lowest BCUT2D eigenvalue weighted by Gasteiger charge is -2.01. The highest BCUT2D eigenvalue weighted by Gasteiger charge is 2.21. The van der Waals surface area contributed by atoms with Gasteiger partial charge in [0.1, 0.15) is 23.1 Å². The Balaban J connectivity index is 2.57. The molecule has 0 aliphatic rings. The number of methoxy groups -OCH3 is 1. The van der Waals surface area contributed by atoms with Crippen molar-refractivity contribution in [3.8, 4) is 23.1 Å². The Bertz CT molecular complexity index is 740. The van der Waals surface area contributed by atoms with Gasteiger partial charge in [-0.1, -0.05) is 0 Å². The summed E-state index contributed by atoms with van der Waals surface area (Å²) >= 11 is 0. The molecule has 6 nitrogen and oxygen atoms in total. The zero-order valence-electron chi connectivity index (χ0n) is 10.3. The van der Waals surface area contributed by atoms with E-state index in [1.54, 1.807) is 31.4 Å². The van der Waals surface area contributed by atoms with Gasteiger partial charge in [-0.3, -0.25) is 5.10 Å². The van der Waals surface area contributed by atoms with E-state index in [2.05, 4.69) is 10.2 Å². The monoisotopic (exact) mass is 277 g/mol. The summed E-state index contributed by atoms with van der Waals surface area (Å²) in [5.74, 6) is 0.668. The predicted molar refractivity (Wildman–Crippen MR) is 68.4 cm³/mol. The Morgan fingerprint density at radius 3 is 2.42 bits per heavy atom. The maximum Gasteiger partial charge on any atom is 0.193 e. The summed E-state index contributed by atoms with van der Waals surface area (Å²) < 4.78 is 28.1. The van der Waals surface area contributed by atoms with Crippen molar-refractivity contribution in [2.24, 2.45) is 0 Å². The SMILES string of the molecule is COc1ccc(-c2n[nH]c(S(C)(=O)=O)c2C#N)cc1. The lowest BCUT2D eigenvalue weighted by atomic mass is 10.1. The van der Waals surface area contributed by atoms with Gasteiger partial charge < -0.3 is 4.74 Å². The van der Waals surface area contributed by atoms with E-state index in [0.29, 0.717) is 17.0 Å². The van der Waals surface area contributed by atoms with Crippen LogP contribution in [0.3, 0.4) is 0 Å². The van der Waals surface area contributed by atoms with Crippen LogP contribution in [0.15, 0.2) is 29.3 Å². The second-order valence-electron chi connectivity index (χ2n) is 3.89. The third-order valence-corrected chi connectivity index (χ3v) is 3.62. The molecule has 98 valence electrons. The van der Waals surface area contributed by atoms with E-state index < -0.39 is 9.84 Å². The van der Waals surface area contributed by atoms with E-state index in [0.717, 1.165) is 6.26 Å². The van der Waals surface area contributed by atoms with Crippen LogP contribution in [0.4, 0.5) is 0 Å². The minimum absolute atomic E-state index is 0.0210. The van der Waals surface area contributed by atoms with Crippen molar-refractivity contribution in [3.63, 3.8) is 0 Å². The number of nitrogens with one attached hydrogen (secondary N) is 1. The normalized spacial score (nSPS) is 11.0. The zero-order chi connectivity index (χ0) is 14.0. The van der Waals surface area contributed by atoms with Crippen LogP contribution in [0.5, 0.6) is 5.75 Å². The minimum Gasteiger partial charge on any atom is -0.497 e. The molecule has 1 heterocycles. The molecule has 0 aliphatic carbocycles. The van der Waals surface area contributed by atoms with Crippen LogP contribution in [0.2, 0.25) is 0 Å². The third kappa shape index (κ3) is 2.44. The summed E-state index contributed by atoms with van der Waals surface area (Å²) in [4.78, 5) is 0. The van der Waals surface area contributed by atoms with Crippen molar-refractivity contribution in [3.05, 3.63) is 29.8 Å². The molecular weight excluding hydrogens is 266 g/mol. The Morgan fingerprint density at radius 1 is 1.32 bits per heavy atom. The maximum atomic E-state index is 11.5. The number of aromatic amines is 1. The van der Waals surface area contributed by atoms with E-state index in [4.69, 9.17) is 10.00 Å². The first-order valence-electron chi connectivity index (χ1n) is 5.30. The van der Waals surface area contributed by atoms with E-state index in [-0.39, 0.29) is 10.6 Å². The standard InChI is InChI=1S/C12H11N3O3S/c1-18-9-5-3-8(4-6-9)11-10(7-13)12(15-14-11)19(2,16)17/h3-6H,1-2H3,(H,14,15). The Hall–Kier alpha value is -2.33. The quantitative estimate of drug-likeness (QED) is 0.913. The zero-order valence-corrected chi connectivity index (χ0v) is 11.2. The Labute approximate surface area is 110 Å². The van der Waals surface area contributed by atoms with Crippen molar-refractivity contribution in [1.29, 1.82) is 5.26 Å². The molecule has 1 aromatic carbocycles. The summed E-state index contributed by atoms with van der Waals surface area (Å²) in [6.45, 7) is 0. The van der Waals surface area contributed by atoms with Gasteiger partial charge in [-0.15, -0.1) is 0 Å². The molecule has 1 N–H and O–H groups in total. The topological polar surface area (TPSA) is 95.8 Å². The smallest absolute Gasteiger partial charge is 0.193 e. The van der Waals surface area contributed by atoms with Gasteiger partial charge in [0.25, 0.3) is 0 Å². The van der Waals surface area contributed by atoms with E-state index >= 15 is 0 Å². The van der Waals surface area contributed by atoms with Crippen molar-refractivity contribution >= 4 is 9.84 Å². The largest absolute Gasteiger partial charge is 0.497 e. The maximum absolute atomic E-state index is 11.5. The van der Waals surface area contributed by atoms with Gasteiger partial charge in [0.2, 0.25) is 0 Å². The molecule has 0 spiro atoms. The lowest BCUT2D eigenvalue weighted by molar-refractivity contribution is 0.415. The number of hydrogen-bond donors (Lipinski definition) is 1. The van der Waals surface area contributed by atoms with Crippen LogP contribution >= 0.6 is 0 Å². The van der Waals surface area contributed by atoms with E-state index in [1.807, 2.05) is 6.07 Å². The summed E-state index contributed by atoms with van der Waals surface area (Å²) in [5.41, 5.74) is 0.974. The van der Waals surface area contributed by atoms with Crippen LogP contribution in [-0.4, -0.2) is 32.0 Å². The average Bonchev–Trinajstić information content (AvgIpc) is 2.82. The van der Waals surface area contributed by atoms with Crippen LogP contribution < -0.4 is 4.74 Å². The number of benzene rings is 1. The van der Waals surface area contributed by atoms with Gasteiger partial charge >= 0.3 is 0 Å². The number of rotatable bonds is 3. The molecule has 0 amide bonds. The number of hydrogen-bond acceptors (Lipinski definition) is 5. The molecule has 0 aliphatic heterocycles. The van der Waals surface area contributed by atoms with Crippen LogP contribution in [0.1, 0.15) is 5.56 Å². The molecule has 0 bridgehead atoms. The molecule has 19 heavy (non-hydrogen) atoms. The number of aromatic nitrogens is 2. The molecule has 2 rings (SSSR count). The summed E-state index contributed by atoms with van der Waals surface area (Å²) in [7, 11) is -1.96. The minimum atomic E-state index is -3.51. The van der Waals surface area contributed by atoms with Crippen LogP contribution in [-0.2, 0) is 9.84 Å². The Morgan fingerprint density at radius 2 is 1.95 bits per heavy atom. The highest BCUT2D eigenvalue weighted by molar-refractivity contribution is 7.90. The molecule has 1 aromatic heterocycles. The first-order chi connectivity index (χ1) is 8.97. The fourth-order valence-corrected chi connectivity index (χ4v) is 2.38. The second kappa shape index (κ2) is 4.74. The molecule has 7 heteroatoms. The average molecular weight is 277 g/mol. The van der Waals surface area contributed by atoms with E-state index in [9.17, 15) is 8.42 Å². The first kappa shape index (κ1) is 13.1. The third-order valence-electron chi connectivity index (χ3n) is 2.58. The fourth-order valence-electron chi connectivity index (χ4n) is 1.66. The summed E-state index contributed by atoms with van der Waals surface area (Å²) in [6, 6.07) is 8.72. The highest BCUT2D eigenvalue weighted by atomic mass is 32.2.